The van der Waals surface area contributed by atoms with Crippen molar-refractivity contribution in [3.63, 3.8) is 0 Å². The topological polar surface area (TPSA) is 0 Å². The van der Waals surface area contributed by atoms with Gasteiger partial charge in [0.25, 0.3) is 0 Å². The van der Waals surface area contributed by atoms with Gasteiger partial charge in [-0.1, -0.05) is 72.5 Å². The summed E-state index contributed by atoms with van der Waals surface area (Å²) in [5.74, 6) is 0. The van der Waals surface area contributed by atoms with E-state index < -0.39 is 8.07 Å². The van der Waals surface area contributed by atoms with Gasteiger partial charge in [0.1, 0.15) is 8.07 Å². The Morgan fingerprint density at radius 1 is 1.21 bits per heavy atom. The molecular formula is C13H18Si. The second kappa shape index (κ2) is 4.42. The molecule has 0 N–H and O–H groups in total. The minimum atomic E-state index is -1.38. The van der Waals surface area contributed by atoms with Gasteiger partial charge in [0.2, 0.25) is 0 Å². The maximum absolute atomic E-state index is 3.89. The fourth-order valence-corrected chi connectivity index (χ4v) is 3.26. The summed E-state index contributed by atoms with van der Waals surface area (Å²) in [4.78, 5) is 0. The van der Waals surface area contributed by atoms with Crippen LogP contribution in [0.4, 0.5) is 0 Å². The predicted molar refractivity (Wildman–Crippen MR) is 67.5 cm³/mol. The molecule has 0 unspecified atom stereocenters. The van der Waals surface area contributed by atoms with Gasteiger partial charge in [-0.25, -0.2) is 0 Å². The third kappa shape index (κ3) is 3.00. The summed E-state index contributed by atoms with van der Waals surface area (Å²) < 4.78 is 0. The summed E-state index contributed by atoms with van der Waals surface area (Å²) in [6.45, 7) is 10.6. The highest BCUT2D eigenvalue weighted by Crippen LogP contribution is 2.06. The fraction of sp³-hybridized carbons (Fsp3) is 0.231. The first kappa shape index (κ1) is 11.0. The summed E-state index contributed by atoms with van der Waals surface area (Å²) in [5.41, 5.74) is 3.46. The Morgan fingerprint density at radius 2 is 1.79 bits per heavy atom. The first-order valence-electron chi connectivity index (χ1n) is 4.92. The van der Waals surface area contributed by atoms with Gasteiger partial charge < -0.3 is 0 Å². The minimum Gasteiger partial charge on any atom is -0.0961 e. The molecule has 0 saturated carbocycles. The highest BCUT2D eigenvalue weighted by Gasteiger charge is 2.18. The molecule has 0 aliphatic heterocycles. The van der Waals surface area contributed by atoms with Crippen LogP contribution in [-0.2, 0) is 0 Å². The van der Waals surface area contributed by atoms with Crippen molar-refractivity contribution in [2.24, 2.45) is 0 Å². The van der Waals surface area contributed by atoms with Crippen molar-refractivity contribution in [1.82, 2.24) is 0 Å². The van der Waals surface area contributed by atoms with Crippen LogP contribution in [0.15, 0.2) is 54.3 Å². The lowest BCUT2D eigenvalue weighted by atomic mass is 10.4. The van der Waals surface area contributed by atoms with Crippen LogP contribution in [0.5, 0.6) is 0 Å². The largest absolute Gasteiger partial charge is 0.104 e. The molecule has 1 heteroatoms. The van der Waals surface area contributed by atoms with Gasteiger partial charge in [-0.2, -0.15) is 0 Å². The van der Waals surface area contributed by atoms with Crippen LogP contribution < -0.4 is 5.19 Å². The molecule has 0 radical (unpaired) electrons. The molecule has 0 saturated heterocycles. The highest BCUT2D eigenvalue weighted by atomic mass is 28.3. The van der Waals surface area contributed by atoms with E-state index in [9.17, 15) is 0 Å². The van der Waals surface area contributed by atoms with E-state index >= 15 is 0 Å². The van der Waals surface area contributed by atoms with Crippen LogP contribution in [0, 0.1) is 0 Å². The minimum absolute atomic E-state index is 1.13. The normalized spacial score (nSPS) is 11.9. The Bertz CT molecular complexity index is 334. The standard InChI is InChI=1S/C13H18Si/c1-12(2)10-11-14(3,4)13-8-6-5-7-9-13/h5-11H,1H2,2-4H3/b11-10+. The van der Waals surface area contributed by atoms with E-state index in [4.69, 9.17) is 0 Å². The van der Waals surface area contributed by atoms with E-state index in [1.807, 2.05) is 6.92 Å². The summed E-state index contributed by atoms with van der Waals surface area (Å²) in [7, 11) is -1.38. The number of hydrogen-bond acceptors (Lipinski definition) is 0. The van der Waals surface area contributed by atoms with Crippen molar-refractivity contribution in [1.29, 1.82) is 0 Å². The highest BCUT2D eigenvalue weighted by molar-refractivity contribution is 6.93. The molecule has 1 aromatic rings. The third-order valence-electron chi connectivity index (χ3n) is 2.30. The molecular weight excluding hydrogens is 184 g/mol. The monoisotopic (exact) mass is 202 g/mol. The molecule has 0 spiro atoms. The molecule has 0 aromatic heterocycles. The number of hydrogen-bond donors (Lipinski definition) is 0. The number of allylic oxidation sites excluding steroid dienone is 2. The number of benzene rings is 1. The average molecular weight is 202 g/mol. The quantitative estimate of drug-likeness (QED) is 0.521. The van der Waals surface area contributed by atoms with Gasteiger partial charge in [0, 0.05) is 0 Å². The molecule has 1 aromatic carbocycles. The van der Waals surface area contributed by atoms with Crippen molar-refractivity contribution >= 4 is 13.3 Å². The predicted octanol–water partition coefficient (Wildman–Crippen LogP) is 3.27. The van der Waals surface area contributed by atoms with Crippen LogP contribution in [0.2, 0.25) is 13.1 Å². The zero-order valence-electron chi connectivity index (χ0n) is 9.25. The van der Waals surface area contributed by atoms with Gasteiger partial charge in [0.15, 0.2) is 0 Å². The van der Waals surface area contributed by atoms with Gasteiger partial charge in [0.05, 0.1) is 0 Å². The van der Waals surface area contributed by atoms with E-state index in [2.05, 4.69) is 61.8 Å². The summed E-state index contributed by atoms with van der Waals surface area (Å²) in [6.07, 6.45) is 2.14. The van der Waals surface area contributed by atoms with Gasteiger partial charge in [-0.3, -0.25) is 0 Å². The summed E-state index contributed by atoms with van der Waals surface area (Å²) >= 11 is 0. The zero-order chi connectivity index (χ0) is 10.6. The molecule has 14 heavy (non-hydrogen) atoms. The Morgan fingerprint density at radius 3 is 2.29 bits per heavy atom. The second-order valence-electron chi connectivity index (χ2n) is 4.27. The van der Waals surface area contributed by atoms with E-state index in [0.29, 0.717) is 0 Å². The van der Waals surface area contributed by atoms with E-state index in [1.54, 1.807) is 0 Å². The fourth-order valence-electron chi connectivity index (χ4n) is 1.31. The second-order valence-corrected chi connectivity index (χ2v) is 8.62. The first-order chi connectivity index (χ1) is 6.52. The smallest absolute Gasteiger partial charge is 0.0961 e. The SMILES string of the molecule is C=C(C)/C=C/[Si](C)(C)c1ccccc1. The van der Waals surface area contributed by atoms with Crippen molar-refractivity contribution < 1.29 is 0 Å². The lowest BCUT2D eigenvalue weighted by Crippen LogP contribution is -2.39. The maximum atomic E-state index is 3.89. The van der Waals surface area contributed by atoms with E-state index in [-0.39, 0.29) is 0 Å². The molecule has 0 aliphatic carbocycles. The van der Waals surface area contributed by atoms with Gasteiger partial charge in [-0.05, 0) is 6.92 Å². The van der Waals surface area contributed by atoms with Gasteiger partial charge in [-0.15, -0.1) is 0 Å². The summed E-state index contributed by atoms with van der Waals surface area (Å²) in [5, 5.41) is 1.47. The van der Waals surface area contributed by atoms with Crippen LogP contribution in [0.3, 0.4) is 0 Å². The molecule has 0 nitrogen and oxygen atoms in total. The molecule has 0 heterocycles. The van der Waals surface area contributed by atoms with E-state index in [0.717, 1.165) is 5.57 Å². The summed E-state index contributed by atoms with van der Waals surface area (Å²) in [6, 6.07) is 10.7. The van der Waals surface area contributed by atoms with Crippen LogP contribution in [0.1, 0.15) is 6.92 Å². The first-order valence-corrected chi connectivity index (χ1v) is 8.00. The average Bonchev–Trinajstić information content (AvgIpc) is 2.16. The lowest BCUT2D eigenvalue weighted by molar-refractivity contribution is 1.56. The van der Waals surface area contributed by atoms with Crippen LogP contribution >= 0.6 is 0 Å². The van der Waals surface area contributed by atoms with Crippen molar-refractivity contribution in [3.05, 3.63) is 54.3 Å². The van der Waals surface area contributed by atoms with Crippen molar-refractivity contribution in [3.8, 4) is 0 Å². The van der Waals surface area contributed by atoms with E-state index in [1.165, 1.54) is 5.19 Å². The van der Waals surface area contributed by atoms with Gasteiger partial charge >= 0.3 is 0 Å². The molecule has 0 fully saturated rings. The molecule has 0 bridgehead atoms. The maximum Gasteiger partial charge on any atom is 0.104 e. The zero-order valence-corrected chi connectivity index (χ0v) is 10.2. The molecule has 0 aliphatic rings. The number of rotatable bonds is 3. The Labute approximate surface area is 88.0 Å². The third-order valence-corrected chi connectivity index (χ3v) is 5.12. The molecule has 0 atom stereocenters. The van der Waals surface area contributed by atoms with Crippen molar-refractivity contribution in [2.45, 2.75) is 20.0 Å². The molecule has 1 rings (SSSR count). The Hall–Kier alpha value is -1.08. The van der Waals surface area contributed by atoms with Crippen LogP contribution in [0.25, 0.3) is 0 Å². The van der Waals surface area contributed by atoms with Crippen LogP contribution in [-0.4, -0.2) is 8.07 Å². The Balaban J connectivity index is 2.91. The lowest BCUT2D eigenvalue weighted by Gasteiger charge is -2.18. The van der Waals surface area contributed by atoms with Crippen molar-refractivity contribution in [2.75, 3.05) is 0 Å². The Kier molecular flexibility index (Phi) is 3.47. The molecule has 74 valence electrons. The molecule has 0 amide bonds.